The Morgan fingerprint density at radius 1 is 1.20 bits per heavy atom. The van der Waals surface area contributed by atoms with Crippen molar-refractivity contribution in [3.8, 4) is 11.5 Å². The first-order valence-electron chi connectivity index (χ1n) is 7.01. The predicted molar refractivity (Wildman–Crippen MR) is 75.2 cm³/mol. The van der Waals surface area contributed by atoms with E-state index in [0.717, 1.165) is 37.5 Å². The number of carbonyl (C=O) groups excluding carboxylic acids is 1. The molecule has 5 nitrogen and oxygen atoms in total. The molecule has 0 saturated carbocycles. The molecule has 108 valence electrons. The lowest BCUT2D eigenvalue weighted by Crippen LogP contribution is -2.53. The molecule has 20 heavy (non-hydrogen) atoms. The second-order valence-corrected chi connectivity index (χ2v) is 5.50. The summed E-state index contributed by atoms with van der Waals surface area (Å²) in [7, 11) is 2.07. The second-order valence-electron chi connectivity index (χ2n) is 5.50. The number of rotatable bonds is 1. The number of piperazine rings is 1. The standard InChI is InChI=1S/C15H20N2O3/c1-11-3-4-12-13(9-11)19-10-14(20-12)15(18)17-7-5-16(2)6-8-17/h3-4,9,14H,5-8,10H2,1-2H3. The molecule has 2 aliphatic heterocycles. The first-order chi connectivity index (χ1) is 9.63. The van der Waals surface area contributed by atoms with E-state index in [-0.39, 0.29) is 5.91 Å². The molecule has 0 spiro atoms. The molecule has 0 aliphatic carbocycles. The minimum absolute atomic E-state index is 0.0318. The van der Waals surface area contributed by atoms with Crippen molar-refractivity contribution in [2.45, 2.75) is 13.0 Å². The highest BCUT2D eigenvalue weighted by molar-refractivity contribution is 5.82. The third-order valence-corrected chi connectivity index (χ3v) is 3.85. The Labute approximate surface area is 119 Å². The summed E-state index contributed by atoms with van der Waals surface area (Å²) < 4.78 is 11.5. The van der Waals surface area contributed by atoms with Crippen molar-refractivity contribution in [1.29, 1.82) is 0 Å². The van der Waals surface area contributed by atoms with Gasteiger partial charge in [-0.05, 0) is 31.7 Å². The SMILES string of the molecule is Cc1ccc2c(c1)OCC(C(=O)N1CCN(C)CC1)O2. The van der Waals surface area contributed by atoms with Gasteiger partial charge in [0.1, 0.15) is 6.61 Å². The van der Waals surface area contributed by atoms with Crippen LogP contribution in [0.2, 0.25) is 0 Å². The van der Waals surface area contributed by atoms with E-state index < -0.39 is 6.10 Å². The Bertz CT molecular complexity index is 510. The van der Waals surface area contributed by atoms with Crippen LogP contribution in [0.3, 0.4) is 0 Å². The number of amides is 1. The molecule has 1 atom stereocenters. The molecule has 1 amide bonds. The maximum absolute atomic E-state index is 12.4. The van der Waals surface area contributed by atoms with Gasteiger partial charge in [0.2, 0.25) is 6.10 Å². The van der Waals surface area contributed by atoms with Crippen LogP contribution in [0.1, 0.15) is 5.56 Å². The number of ether oxygens (including phenoxy) is 2. The van der Waals surface area contributed by atoms with Gasteiger partial charge < -0.3 is 19.3 Å². The minimum atomic E-state index is -0.520. The van der Waals surface area contributed by atoms with E-state index in [9.17, 15) is 4.79 Å². The van der Waals surface area contributed by atoms with Crippen LogP contribution >= 0.6 is 0 Å². The molecule has 1 fully saturated rings. The molecular formula is C15H20N2O3. The molecule has 5 heteroatoms. The number of aryl methyl sites for hydroxylation is 1. The number of carbonyl (C=O) groups is 1. The van der Waals surface area contributed by atoms with Gasteiger partial charge >= 0.3 is 0 Å². The third kappa shape index (κ3) is 2.58. The molecule has 3 rings (SSSR count). The number of nitrogens with zero attached hydrogens (tertiary/aromatic N) is 2. The maximum atomic E-state index is 12.4. The average Bonchev–Trinajstić information content (AvgIpc) is 2.47. The van der Waals surface area contributed by atoms with Gasteiger partial charge in [-0.15, -0.1) is 0 Å². The van der Waals surface area contributed by atoms with Gasteiger partial charge in [-0.2, -0.15) is 0 Å². The van der Waals surface area contributed by atoms with Crippen molar-refractivity contribution >= 4 is 5.91 Å². The molecule has 0 bridgehead atoms. The number of benzene rings is 1. The minimum Gasteiger partial charge on any atom is -0.485 e. The van der Waals surface area contributed by atoms with Crippen LogP contribution in [-0.2, 0) is 4.79 Å². The van der Waals surface area contributed by atoms with Crippen molar-refractivity contribution in [3.63, 3.8) is 0 Å². The van der Waals surface area contributed by atoms with Crippen LogP contribution in [0.5, 0.6) is 11.5 Å². The van der Waals surface area contributed by atoms with E-state index in [1.165, 1.54) is 0 Å². The molecule has 1 aromatic carbocycles. The molecule has 2 aliphatic rings. The van der Waals surface area contributed by atoms with Gasteiger partial charge in [-0.25, -0.2) is 0 Å². The van der Waals surface area contributed by atoms with E-state index >= 15 is 0 Å². The van der Waals surface area contributed by atoms with Crippen LogP contribution in [0.25, 0.3) is 0 Å². The lowest BCUT2D eigenvalue weighted by atomic mass is 10.2. The van der Waals surface area contributed by atoms with Crippen LogP contribution in [-0.4, -0.2) is 61.6 Å². The highest BCUT2D eigenvalue weighted by Gasteiger charge is 2.32. The Kier molecular flexibility index (Phi) is 3.53. The lowest BCUT2D eigenvalue weighted by molar-refractivity contribution is -0.142. The first-order valence-corrected chi connectivity index (χ1v) is 7.01. The third-order valence-electron chi connectivity index (χ3n) is 3.85. The smallest absolute Gasteiger partial charge is 0.267 e. The van der Waals surface area contributed by atoms with Crippen LogP contribution < -0.4 is 9.47 Å². The van der Waals surface area contributed by atoms with E-state index in [0.29, 0.717) is 12.4 Å². The van der Waals surface area contributed by atoms with Gasteiger partial charge in [-0.3, -0.25) is 4.79 Å². The van der Waals surface area contributed by atoms with Crippen LogP contribution in [0, 0.1) is 6.92 Å². The van der Waals surface area contributed by atoms with Crippen molar-refractivity contribution in [2.24, 2.45) is 0 Å². The summed E-state index contributed by atoms with van der Waals surface area (Å²) in [5.41, 5.74) is 1.12. The Hall–Kier alpha value is -1.75. The molecular weight excluding hydrogens is 256 g/mol. The topological polar surface area (TPSA) is 42.0 Å². The number of likely N-dealkylation sites (N-methyl/N-ethyl adjacent to an activating group) is 1. The molecule has 1 aromatic rings. The summed E-state index contributed by atoms with van der Waals surface area (Å²) in [4.78, 5) is 16.5. The van der Waals surface area contributed by atoms with E-state index in [1.807, 2.05) is 30.0 Å². The van der Waals surface area contributed by atoms with Gasteiger partial charge in [0.25, 0.3) is 5.91 Å². The molecule has 0 N–H and O–H groups in total. The first kappa shape index (κ1) is 13.2. The number of hydrogen-bond acceptors (Lipinski definition) is 4. The van der Waals surface area contributed by atoms with Crippen molar-refractivity contribution in [1.82, 2.24) is 9.80 Å². The van der Waals surface area contributed by atoms with Crippen molar-refractivity contribution < 1.29 is 14.3 Å². The Morgan fingerprint density at radius 3 is 2.70 bits per heavy atom. The molecule has 1 saturated heterocycles. The zero-order valence-electron chi connectivity index (χ0n) is 12.0. The zero-order chi connectivity index (χ0) is 14.1. The van der Waals surface area contributed by atoms with E-state index in [2.05, 4.69) is 11.9 Å². The number of fused-ring (bicyclic) bond motifs is 1. The summed E-state index contributed by atoms with van der Waals surface area (Å²) in [6.45, 7) is 5.64. The van der Waals surface area contributed by atoms with Gasteiger partial charge in [-0.1, -0.05) is 6.07 Å². The Morgan fingerprint density at radius 2 is 1.95 bits per heavy atom. The summed E-state index contributed by atoms with van der Waals surface area (Å²) in [5, 5.41) is 0. The van der Waals surface area contributed by atoms with Crippen LogP contribution in [0.4, 0.5) is 0 Å². The van der Waals surface area contributed by atoms with Crippen molar-refractivity contribution in [3.05, 3.63) is 23.8 Å². The maximum Gasteiger partial charge on any atom is 0.267 e. The fourth-order valence-electron chi connectivity index (χ4n) is 2.53. The molecule has 0 radical (unpaired) electrons. The number of hydrogen-bond donors (Lipinski definition) is 0. The van der Waals surface area contributed by atoms with Gasteiger partial charge in [0.05, 0.1) is 0 Å². The summed E-state index contributed by atoms with van der Waals surface area (Å²) in [5.74, 6) is 1.42. The molecule has 0 aromatic heterocycles. The van der Waals surface area contributed by atoms with E-state index in [1.54, 1.807) is 0 Å². The summed E-state index contributed by atoms with van der Waals surface area (Å²) in [6.07, 6.45) is -0.520. The summed E-state index contributed by atoms with van der Waals surface area (Å²) >= 11 is 0. The quantitative estimate of drug-likeness (QED) is 0.764. The normalized spacial score (nSPS) is 22.7. The average molecular weight is 276 g/mol. The van der Waals surface area contributed by atoms with E-state index in [4.69, 9.17) is 9.47 Å². The molecule has 2 heterocycles. The largest absolute Gasteiger partial charge is 0.485 e. The van der Waals surface area contributed by atoms with Crippen LogP contribution in [0.15, 0.2) is 18.2 Å². The van der Waals surface area contributed by atoms with Gasteiger partial charge in [0.15, 0.2) is 11.5 Å². The monoisotopic (exact) mass is 276 g/mol. The zero-order valence-corrected chi connectivity index (χ0v) is 12.0. The Balaban J connectivity index is 1.67. The highest BCUT2D eigenvalue weighted by atomic mass is 16.6. The summed E-state index contributed by atoms with van der Waals surface area (Å²) in [6, 6.07) is 5.77. The highest BCUT2D eigenvalue weighted by Crippen LogP contribution is 2.32. The predicted octanol–water partition coefficient (Wildman–Crippen LogP) is 0.909. The second kappa shape index (κ2) is 5.32. The van der Waals surface area contributed by atoms with Gasteiger partial charge in [0, 0.05) is 26.2 Å². The molecule has 1 unspecified atom stereocenters. The fraction of sp³-hybridized carbons (Fsp3) is 0.533. The lowest BCUT2D eigenvalue weighted by Gasteiger charge is -2.35. The fourth-order valence-corrected chi connectivity index (χ4v) is 2.53. The van der Waals surface area contributed by atoms with Crippen molar-refractivity contribution in [2.75, 3.05) is 39.8 Å².